The minimum atomic E-state index is -4.11. The summed E-state index contributed by atoms with van der Waals surface area (Å²) in [5.41, 5.74) is -2.10. The first-order valence-corrected chi connectivity index (χ1v) is 9.80. The lowest BCUT2D eigenvalue weighted by molar-refractivity contribution is 0.517. The second-order valence-electron chi connectivity index (χ2n) is 5.55. The first-order chi connectivity index (χ1) is 12.6. The quantitative estimate of drug-likeness (QED) is 0.508. The van der Waals surface area contributed by atoms with Gasteiger partial charge in [-0.15, -0.1) is 0 Å². The van der Waals surface area contributed by atoms with Crippen molar-refractivity contribution < 1.29 is 26.0 Å². The molecule has 0 saturated carbocycles. The molecule has 0 fully saturated rings. The van der Waals surface area contributed by atoms with Crippen molar-refractivity contribution >= 4 is 61.0 Å². The molecule has 27 heavy (non-hydrogen) atoms. The fourth-order valence-electron chi connectivity index (χ4n) is 2.18. The summed E-state index contributed by atoms with van der Waals surface area (Å²) >= 11 is 1.89. The predicted octanol–water partition coefficient (Wildman–Crippen LogP) is 3.81. The molecule has 3 aromatic rings. The van der Waals surface area contributed by atoms with Gasteiger partial charge in [0.25, 0.3) is 0 Å². The summed E-state index contributed by atoms with van der Waals surface area (Å²) in [5.74, 6) is -3.54. The average molecular weight is 512 g/mol. The van der Waals surface area contributed by atoms with Crippen molar-refractivity contribution in [2.75, 3.05) is 24.1 Å². The van der Waals surface area contributed by atoms with Crippen molar-refractivity contribution in [3.05, 3.63) is 45.6 Å². The van der Waals surface area contributed by atoms with E-state index in [-0.39, 0.29) is 11.3 Å². The highest BCUT2D eigenvalue weighted by Crippen LogP contribution is 2.39. The van der Waals surface area contributed by atoms with Crippen LogP contribution in [0.15, 0.2) is 29.0 Å². The maximum atomic E-state index is 14.7. The van der Waals surface area contributed by atoms with E-state index in [4.69, 9.17) is 4.42 Å². The van der Waals surface area contributed by atoms with Gasteiger partial charge in [-0.05, 0) is 40.8 Å². The van der Waals surface area contributed by atoms with Crippen LogP contribution in [0.4, 0.5) is 30.2 Å². The number of anilines is 3. The van der Waals surface area contributed by atoms with Crippen molar-refractivity contribution in [2.45, 2.75) is 0 Å². The Morgan fingerprint density at radius 1 is 1.15 bits per heavy atom. The van der Waals surface area contributed by atoms with Gasteiger partial charge < -0.3 is 9.73 Å². The molecule has 0 saturated heterocycles. The molecule has 0 bridgehead atoms. The Kier molecular flexibility index (Phi) is 5.22. The van der Waals surface area contributed by atoms with Crippen LogP contribution in [0, 0.1) is 21.0 Å². The first kappa shape index (κ1) is 19.7. The van der Waals surface area contributed by atoms with Gasteiger partial charge in [-0.25, -0.2) is 18.2 Å². The number of halogens is 4. The molecule has 0 aliphatic rings. The van der Waals surface area contributed by atoms with E-state index < -0.39 is 44.6 Å². The van der Waals surface area contributed by atoms with Crippen LogP contribution in [0.5, 0.6) is 0 Å². The van der Waals surface area contributed by atoms with E-state index in [1.54, 1.807) is 0 Å². The number of hydrogen-bond donors (Lipinski definition) is 2. The molecular weight excluding hydrogens is 500 g/mol. The second-order valence-corrected chi connectivity index (χ2v) is 8.68. The number of nitrogens with one attached hydrogen (secondary N) is 2. The molecular formula is C15H12F3IN4O3S. The third-order valence-electron chi connectivity index (χ3n) is 3.57. The molecule has 12 heteroatoms. The van der Waals surface area contributed by atoms with Crippen molar-refractivity contribution in [1.29, 1.82) is 0 Å². The van der Waals surface area contributed by atoms with E-state index in [0.717, 1.165) is 10.7 Å². The maximum Gasteiger partial charge on any atom is 0.301 e. The van der Waals surface area contributed by atoms with E-state index in [1.807, 2.05) is 22.6 Å². The number of benzene rings is 2. The Labute approximate surface area is 165 Å². The number of hydrogen-bond acceptors (Lipinski definition) is 5. The lowest BCUT2D eigenvalue weighted by atomic mass is 10.2. The summed E-state index contributed by atoms with van der Waals surface area (Å²) in [5, 5.41) is 2.39. The van der Waals surface area contributed by atoms with Gasteiger partial charge in [0.15, 0.2) is 29.1 Å². The third kappa shape index (κ3) is 3.68. The van der Waals surface area contributed by atoms with Gasteiger partial charge in [-0.3, -0.25) is 4.72 Å². The van der Waals surface area contributed by atoms with Crippen LogP contribution < -0.4 is 10.0 Å². The summed E-state index contributed by atoms with van der Waals surface area (Å²) in [4.78, 5) is 3.56. The van der Waals surface area contributed by atoms with Gasteiger partial charge in [0.1, 0.15) is 17.2 Å². The summed E-state index contributed by atoms with van der Waals surface area (Å²) in [6.07, 6.45) is 0.843. The minimum absolute atomic E-state index is 0.183. The molecule has 144 valence electrons. The van der Waals surface area contributed by atoms with Gasteiger partial charge in [-0.2, -0.15) is 12.7 Å². The van der Waals surface area contributed by atoms with Gasteiger partial charge in [0.05, 0.1) is 5.69 Å². The van der Waals surface area contributed by atoms with Crippen LogP contribution in [-0.4, -0.2) is 31.8 Å². The third-order valence-corrected chi connectivity index (χ3v) is 5.66. The molecule has 7 nitrogen and oxygen atoms in total. The first-order valence-electron chi connectivity index (χ1n) is 7.28. The smallest absolute Gasteiger partial charge is 0.301 e. The number of fused-ring (bicyclic) bond motifs is 1. The summed E-state index contributed by atoms with van der Waals surface area (Å²) in [7, 11) is -1.63. The molecule has 1 heterocycles. The zero-order valence-corrected chi connectivity index (χ0v) is 16.8. The zero-order chi connectivity index (χ0) is 19.9. The van der Waals surface area contributed by atoms with Crippen LogP contribution in [0.25, 0.3) is 11.1 Å². The molecule has 0 unspecified atom stereocenters. The summed E-state index contributed by atoms with van der Waals surface area (Å²) in [6.45, 7) is 0. The number of rotatable bonds is 5. The zero-order valence-electron chi connectivity index (χ0n) is 13.8. The Balaban J connectivity index is 2.23. The van der Waals surface area contributed by atoms with E-state index in [0.29, 0.717) is 3.57 Å². The van der Waals surface area contributed by atoms with Crippen LogP contribution in [-0.2, 0) is 10.2 Å². The topological polar surface area (TPSA) is 87.5 Å². The standard InChI is InChI=1S/C15H12F3IN4O3S/c1-23(2)27(24,25)22-14-12(21-9-4-3-7(19)5-8(9)16)10(17)11(18)13-15(14)26-6-20-13/h3-6,21-22H,1-2H3. The Bertz CT molecular complexity index is 1140. The number of aromatic nitrogens is 1. The second kappa shape index (κ2) is 7.16. The fourth-order valence-corrected chi connectivity index (χ4v) is 3.27. The fraction of sp³-hybridized carbons (Fsp3) is 0.133. The van der Waals surface area contributed by atoms with Gasteiger partial charge in [0.2, 0.25) is 0 Å². The molecule has 0 aliphatic heterocycles. The van der Waals surface area contributed by atoms with E-state index >= 15 is 0 Å². The minimum Gasteiger partial charge on any atom is -0.441 e. The van der Waals surface area contributed by atoms with E-state index in [9.17, 15) is 21.6 Å². The van der Waals surface area contributed by atoms with Crippen LogP contribution in [0.2, 0.25) is 0 Å². The normalized spacial score (nSPS) is 12.0. The molecule has 0 amide bonds. The number of nitrogens with zero attached hydrogens (tertiary/aromatic N) is 2. The van der Waals surface area contributed by atoms with Gasteiger partial charge in [-0.1, -0.05) is 0 Å². The molecule has 0 spiro atoms. The highest BCUT2D eigenvalue weighted by Gasteiger charge is 2.27. The molecule has 1 aromatic heterocycles. The Morgan fingerprint density at radius 2 is 1.85 bits per heavy atom. The summed E-state index contributed by atoms with van der Waals surface area (Å²) in [6, 6.07) is 4.02. The predicted molar refractivity (Wildman–Crippen MR) is 103 cm³/mol. The maximum absolute atomic E-state index is 14.7. The van der Waals surface area contributed by atoms with Crippen molar-refractivity contribution in [2.24, 2.45) is 0 Å². The molecule has 2 N–H and O–H groups in total. The van der Waals surface area contributed by atoms with Crippen LogP contribution >= 0.6 is 22.6 Å². The average Bonchev–Trinajstić information content (AvgIpc) is 3.07. The highest BCUT2D eigenvalue weighted by atomic mass is 127. The van der Waals surface area contributed by atoms with Gasteiger partial charge in [0, 0.05) is 17.7 Å². The van der Waals surface area contributed by atoms with E-state index in [1.165, 1.54) is 32.3 Å². The van der Waals surface area contributed by atoms with Crippen molar-refractivity contribution in [3.8, 4) is 0 Å². The molecule has 0 aliphatic carbocycles. The Morgan fingerprint density at radius 3 is 2.48 bits per heavy atom. The van der Waals surface area contributed by atoms with Crippen LogP contribution in [0.3, 0.4) is 0 Å². The Hall–Kier alpha value is -2.06. The monoisotopic (exact) mass is 512 g/mol. The lowest BCUT2D eigenvalue weighted by Gasteiger charge is -2.18. The van der Waals surface area contributed by atoms with Crippen LogP contribution in [0.1, 0.15) is 0 Å². The molecule has 0 atom stereocenters. The van der Waals surface area contributed by atoms with E-state index in [2.05, 4.69) is 15.0 Å². The van der Waals surface area contributed by atoms with Crippen molar-refractivity contribution in [1.82, 2.24) is 9.29 Å². The summed E-state index contributed by atoms with van der Waals surface area (Å²) < 4.78 is 76.1. The number of oxazole rings is 1. The molecule has 2 aromatic carbocycles. The van der Waals surface area contributed by atoms with Crippen molar-refractivity contribution in [3.63, 3.8) is 0 Å². The van der Waals surface area contributed by atoms with Gasteiger partial charge >= 0.3 is 10.2 Å². The largest absolute Gasteiger partial charge is 0.441 e. The highest BCUT2D eigenvalue weighted by molar-refractivity contribution is 14.1. The molecule has 3 rings (SSSR count). The lowest BCUT2D eigenvalue weighted by Crippen LogP contribution is -2.29. The SMILES string of the molecule is CN(C)S(=O)(=O)Nc1c(Nc2ccc(I)cc2F)c(F)c(F)c2ncoc12. The molecule has 0 radical (unpaired) electrons.